The summed E-state index contributed by atoms with van der Waals surface area (Å²) in [5, 5.41) is 3.96. The fraction of sp³-hybridized carbons (Fsp3) is 0.444. The molecule has 0 N–H and O–H groups in total. The molecule has 70 valence electrons. The van der Waals surface area contributed by atoms with E-state index >= 15 is 0 Å². The van der Waals surface area contributed by atoms with Crippen molar-refractivity contribution in [3.05, 3.63) is 22.4 Å². The normalized spacial score (nSPS) is 25.6. The fourth-order valence-electron chi connectivity index (χ4n) is 1.21. The summed E-state index contributed by atoms with van der Waals surface area (Å²) < 4.78 is 10.0. The van der Waals surface area contributed by atoms with Gasteiger partial charge in [-0.05, 0) is 29.3 Å². The number of ether oxygens (including phenoxy) is 2. The molecule has 0 aliphatic carbocycles. The van der Waals surface area contributed by atoms with E-state index in [2.05, 4.69) is 0 Å². The molecule has 1 saturated heterocycles. The summed E-state index contributed by atoms with van der Waals surface area (Å²) in [5.74, 6) is -0.251. The van der Waals surface area contributed by atoms with Crippen molar-refractivity contribution in [2.24, 2.45) is 0 Å². The molecule has 2 atom stereocenters. The summed E-state index contributed by atoms with van der Waals surface area (Å²) >= 11 is 1.60. The molecule has 0 aromatic carbocycles. The van der Waals surface area contributed by atoms with E-state index in [0.717, 1.165) is 5.56 Å². The maximum absolute atomic E-state index is 11.2. The van der Waals surface area contributed by atoms with Crippen LogP contribution in [-0.2, 0) is 14.3 Å². The third-order valence-corrected chi connectivity index (χ3v) is 2.58. The van der Waals surface area contributed by atoms with Crippen LogP contribution in [0.1, 0.15) is 18.6 Å². The Kier molecular flexibility index (Phi) is 2.33. The van der Waals surface area contributed by atoms with E-state index in [-0.39, 0.29) is 18.2 Å². The Balaban J connectivity index is 1.92. The second kappa shape index (κ2) is 3.47. The van der Waals surface area contributed by atoms with E-state index in [0.29, 0.717) is 6.61 Å². The molecule has 3 nitrogen and oxygen atoms in total. The molecule has 0 bridgehead atoms. The number of carbonyl (C=O) groups excluding carboxylic acids is 1. The van der Waals surface area contributed by atoms with Crippen LogP contribution in [0.25, 0.3) is 0 Å². The molecule has 2 heterocycles. The van der Waals surface area contributed by atoms with Gasteiger partial charge in [0.05, 0.1) is 6.61 Å². The molecule has 1 aliphatic rings. The van der Waals surface area contributed by atoms with Crippen LogP contribution >= 0.6 is 11.3 Å². The highest BCUT2D eigenvalue weighted by atomic mass is 32.1. The SMILES string of the molecule is CCOC(=O)[C@@H]1O[C@H]1c1ccsc1. The van der Waals surface area contributed by atoms with Crippen LogP contribution in [0.2, 0.25) is 0 Å². The lowest BCUT2D eigenvalue weighted by Gasteiger charge is -1.95. The molecule has 0 unspecified atom stereocenters. The average Bonchev–Trinajstić information content (AvgIpc) is 2.74. The molecule has 0 spiro atoms. The zero-order chi connectivity index (χ0) is 9.26. The van der Waals surface area contributed by atoms with Gasteiger partial charge in [0.2, 0.25) is 0 Å². The minimum atomic E-state index is -0.366. The van der Waals surface area contributed by atoms with Crippen LogP contribution in [0.4, 0.5) is 0 Å². The van der Waals surface area contributed by atoms with Gasteiger partial charge in [-0.15, -0.1) is 0 Å². The summed E-state index contributed by atoms with van der Waals surface area (Å²) in [6.07, 6.45) is -0.431. The van der Waals surface area contributed by atoms with Gasteiger partial charge in [0.1, 0.15) is 6.10 Å². The highest BCUT2D eigenvalue weighted by Gasteiger charge is 2.47. The van der Waals surface area contributed by atoms with Crippen LogP contribution in [0.3, 0.4) is 0 Å². The summed E-state index contributed by atoms with van der Waals surface area (Å²) in [5.41, 5.74) is 1.07. The Morgan fingerprint density at radius 2 is 2.62 bits per heavy atom. The van der Waals surface area contributed by atoms with Gasteiger partial charge in [-0.1, -0.05) is 0 Å². The summed E-state index contributed by atoms with van der Waals surface area (Å²) in [6, 6.07) is 1.97. The number of carbonyl (C=O) groups is 1. The highest BCUT2D eigenvalue weighted by Crippen LogP contribution is 2.40. The van der Waals surface area contributed by atoms with Gasteiger partial charge in [-0.25, -0.2) is 4.79 Å². The average molecular weight is 198 g/mol. The summed E-state index contributed by atoms with van der Waals surface area (Å²) in [4.78, 5) is 11.2. The molecular weight excluding hydrogens is 188 g/mol. The van der Waals surface area contributed by atoms with Gasteiger partial charge in [0, 0.05) is 0 Å². The maximum atomic E-state index is 11.2. The number of thiophene rings is 1. The fourth-order valence-corrected chi connectivity index (χ4v) is 1.89. The number of esters is 1. The number of hydrogen-bond donors (Lipinski definition) is 0. The lowest BCUT2D eigenvalue weighted by atomic mass is 10.2. The monoisotopic (exact) mass is 198 g/mol. The van der Waals surface area contributed by atoms with Crippen LogP contribution in [0.5, 0.6) is 0 Å². The topological polar surface area (TPSA) is 38.8 Å². The number of hydrogen-bond acceptors (Lipinski definition) is 4. The van der Waals surface area contributed by atoms with E-state index < -0.39 is 0 Å². The smallest absolute Gasteiger partial charge is 0.338 e. The zero-order valence-electron chi connectivity index (χ0n) is 7.23. The van der Waals surface area contributed by atoms with Crippen molar-refractivity contribution in [2.45, 2.75) is 19.1 Å². The van der Waals surface area contributed by atoms with Crippen LogP contribution < -0.4 is 0 Å². The van der Waals surface area contributed by atoms with Crippen LogP contribution in [-0.4, -0.2) is 18.7 Å². The third-order valence-electron chi connectivity index (χ3n) is 1.88. The Hall–Kier alpha value is -0.870. The minimum Gasteiger partial charge on any atom is -0.464 e. The van der Waals surface area contributed by atoms with Crippen LogP contribution in [0.15, 0.2) is 16.8 Å². The molecule has 0 amide bonds. The molecule has 4 heteroatoms. The van der Waals surface area contributed by atoms with Crippen LogP contribution in [0, 0.1) is 0 Å². The zero-order valence-corrected chi connectivity index (χ0v) is 8.04. The standard InChI is InChI=1S/C9H10O3S/c1-2-11-9(10)8-7(12-8)6-3-4-13-5-6/h3-5,7-8H,2H2,1H3/t7-,8+/m0/s1. The second-order valence-electron chi connectivity index (χ2n) is 2.79. The number of epoxide rings is 1. The largest absolute Gasteiger partial charge is 0.464 e. The number of rotatable bonds is 3. The molecule has 1 aromatic rings. The first-order valence-corrected chi connectivity index (χ1v) is 5.11. The van der Waals surface area contributed by atoms with Gasteiger partial charge in [-0.2, -0.15) is 11.3 Å². The third kappa shape index (κ3) is 1.73. The lowest BCUT2D eigenvalue weighted by Crippen LogP contribution is -2.11. The molecule has 1 aromatic heterocycles. The second-order valence-corrected chi connectivity index (χ2v) is 3.57. The van der Waals surface area contributed by atoms with Crippen molar-refractivity contribution >= 4 is 17.3 Å². The molecule has 13 heavy (non-hydrogen) atoms. The van der Waals surface area contributed by atoms with Crippen molar-refractivity contribution in [3.63, 3.8) is 0 Å². The quantitative estimate of drug-likeness (QED) is 0.548. The van der Waals surface area contributed by atoms with Gasteiger partial charge in [0.15, 0.2) is 6.10 Å². The van der Waals surface area contributed by atoms with Gasteiger partial charge in [0.25, 0.3) is 0 Å². The maximum Gasteiger partial charge on any atom is 0.338 e. The molecule has 0 radical (unpaired) electrons. The summed E-state index contributed by atoms with van der Waals surface area (Å²) in [7, 11) is 0. The molecule has 1 aliphatic heterocycles. The predicted molar refractivity (Wildman–Crippen MR) is 48.6 cm³/mol. The molecule has 0 saturated carbocycles. The first-order chi connectivity index (χ1) is 6.33. The van der Waals surface area contributed by atoms with Crippen molar-refractivity contribution in [2.75, 3.05) is 6.61 Å². The lowest BCUT2D eigenvalue weighted by molar-refractivity contribution is -0.144. The van der Waals surface area contributed by atoms with E-state index in [4.69, 9.17) is 9.47 Å². The van der Waals surface area contributed by atoms with Gasteiger partial charge >= 0.3 is 5.97 Å². The Bertz CT molecular complexity index is 294. The van der Waals surface area contributed by atoms with E-state index in [1.54, 1.807) is 18.3 Å². The van der Waals surface area contributed by atoms with Gasteiger partial charge < -0.3 is 9.47 Å². The first-order valence-electron chi connectivity index (χ1n) is 4.17. The Labute approximate surface area is 80.3 Å². The Morgan fingerprint density at radius 3 is 3.23 bits per heavy atom. The Morgan fingerprint density at radius 1 is 1.77 bits per heavy atom. The summed E-state index contributed by atoms with van der Waals surface area (Å²) in [6.45, 7) is 2.20. The molecule has 2 rings (SSSR count). The minimum absolute atomic E-state index is 0.0645. The molecular formula is C9H10O3S. The van der Waals surface area contributed by atoms with Crippen molar-refractivity contribution in [1.82, 2.24) is 0 Å². The predicted octanol–water partition coefficient (Wildman–Crippen LogP) is 1.75. The highest BCUT2D eigenvalue weighted by molar-refractivity contribution is 7.08. The van der Waals surface area contributed by atoms with Crippen molar-refractivity contribution < 1.29 is 14.3 Å². The van der Waals surface area contributed by atoms with Crippen molar-refractivity contribution in [1.29, 1.82) is 0 Å². The van der Waals surface area contributed by atoms with Crippen molar-refractivity contribution in [3.8, 4) is 0 Å². The molecule has 1 fully saturated rings. The van der Waals surface area contributed by atoms with E-state index in [9.17, 15) is 4.79 Å². The van der Waals surface area contributed by atoms with E-state index in [1.807, 2.05) is 16.8 Å². The van der Waals surface area contributed by atoms with E-state index in [1.165, 1.54) is 0 Å². The van der Waals surface area contributed by atoms with Gasteiger partial charge in [-0.3, -0.25) is 0 Å². The first kappa shape index (κ1) is 8.72.